The summed E-state index contributed by atoms with van der Waals surface area (Å²) in [5.74, 6) is 0.593. The number of allylic oxidation sites excluding steroid dienone is 4. The Morgan fingerprint density at radius 2 is 1.08 bits per heavy atom. The van der Waals surface area contributed by atoms with E-state index in [4.69, 9.17) is 9.69 Å². The minimum absolute atomic E-state index is 0.131. The van der Waals surface area contributed by atoms with Gasteiger partial charge in [-0.15, -0.1) is 0 Å². The molecule has 2 aliphatic carbocycles. The molecule has 6 rings (SSSR count). The molecule has 2 aliphatic rings. The Bertz CT molecular complexity index is 1280. The van der Waals surface area contributed by atoms with E-state index >= 15 is 0 Å². The summed E-state index contributed by atoms with van der Waals surface area (Å²) in [5, 5.41) is 6.97. The fourth-order valence-corrected chi connectivity index (χ4v) is 18.3. The second-order valence-corrected chi connectivity index (χ2v) is 19.9. The van der Waals surface area contributed by atoms with Crippen molar-refractivity contribution in [2.45, 2.75) is 21.1 Å². The number of halogens is 1. The molecule has 0 amide bonds. The average molecular weight is 641 g/mol. The van der Waals surface area contributed by atoms with Crippen molar-refractivity contribution in [2.24, 2.45) is 5.92 Å². The molecule has 0 saturated carbocycles. The zero-order valence-electron chi connectivity index (χ0n) is 21.2. The Hall–Kier alpha value is -1.87. The van der Waals surface area contributed by atoms with E-state index in [-0.39, 0.29) is 4.01 Å². The topological polar surface area (TPSA) is 0 Å². The summed E-state index contributed by atoms with van der Waals surface area (Å²) in [5.41, 5.74) is 0.502. The van der Waals surface area contributed by atoms with E-state index in [0.717, 1.165) is 11.2 Å². The zero-order valence-corrected chi connectivity index (χ0v) is 25.4. The third-order valence-corrected chi connectivity index (χ3v) is 19.5. The molecule has 0 radical (unpaired) electrons. The normalized spacial score (nSPS) is 20.8. The molecule has 0 N–H and O–H groups in total. The third kappa shape index (κ3) is 5.69. The van der Waals surface area contributed by atoms with Crippen molar-refractivity contribution in [2.75, 3.05) is 6.16 Å². The molecule has 0 aromatic heterocycles. The molecular formula is C34H32ClP2Rh. The first-order chi connectivity index (χ1) is 18.7. The molecule has 4 aromatic rings. The van der Waals surface area contributed by atoms with Crippen LogP contribution in [0.1, 0.15) is 6.42 Å². The van der Waals surface area contributed by atoms with Gasteiger partial charge in [0.15, 0.2) is 0 Å². The van der Waals surface area contributed by atoms with Crippen molar-refractivity contribution in [1.82, 2.24) is 0 Å². The van der Waals surface area contributed by atoms with E-state index < -0.39 is 30.8 Å². The molecule has 38 heavy (non-hydrogen) atoms. The van der Waals surface area contributed by atoms with Gasteiger partial charge in [0.05, 0.1) is 0 Å². The van der Waals surface area contributed by atoms with Gasteiger partial charge in [-0.25, -0.2) is 0 Å². The van der Waals surface area contributed by atoms with Crippen LogP contribution in [-0.2, 0) is 15.0 Å². The second-order valence-electron chi connectivity index (χ2n) is 9.85. The Kier molecular flexibility index (Phi) is 8.40. The molecule has 194 valence electrons. The molecule has 0 heterocycles. The van der Waals surface area contributed by atoms with Gasteiger partial charge in [-0.3, -0.25) is 0 Å². The Morgan fingerprint density at radius 1 is 0.658 bits per heavy atom. The first-order valence-corrected chi connectivity index (χ1v) is 20.2. The molecule has 4 aromatic carbocycles. The molecule has 0 spiro atoms. The van der Waals surface area contributed by atoms with Crippen LogP contribution in [0, 0.1) is 5.92 Å². The van der Waals surface area contributed by atoms with Gasteiger partial charge in [-0.05, 0) is 0 Å². The zero-order chi connectivity index (χ0) is 25.8. The fourth-order valence-electron chi connectivity index (χ4n) is 5.48. The molecule has 0 nitrogen and oxygen atoms in total. The van der Waals surface area contributed by atoms with Crippen molar-refractivity contribution in [3.63, 3.8) is 0 Å². The summed E-state index contributed by atoms with van der Waals surface area (Å²) in [7, 11) is 6.52. The van der Waals surface area contributed by atoms with Crippen LogP contribution in [0.4, 0.5) is 0 Å². The van der Waals surface area contributed by atoms with Gasteiger partial charge in [-0.1, -0.05) is 0 Å². The van der Waals surface area contributed by atoms with Gasteiger partial charge in [0.1, 0.15) is 0 Å². The van der Waals surface area contributed by atoms with Crippen molar-refractivity contribution < 1.29 is 15.0 Å². The van der Waals surface area contributed by atoms with Crippen LogP contribution < -0.4 is 21.2 Å². The van der Waals surface area contributed by atoms with Gasteiger partial charge in [0, 0.05) is 0 Å². The van der Waals surface area contributed by atoms with Crippen LogP contribution in [0.2, 0.25) is 9.02 Å². The number of benzene rings is 4. The summed E-state index contributed by atoms with van der Waals surface area (Å²) >= 11 is -1.52. The summed E-state index contributed by atoms with van der Waals surface area (Å²) in [6.07, 6.45) is 12.1. The number of hydrogen-bond donors (Lipinski definition) is 0. The number of hydrogen-bond acceptors (Lipinski definition) is 0. The Morgan fingerprint density at radius 3 is 1.47 bits per heavy atom. The van der Waals surface area contributed by atoms with Crippen LogP contribution in [-0.4, -0.2) is 11.8 Å². The monoisotopic (exact) mass is 640 g/mol. The van der Waals surface area contributed by atoms with E-state index in [0.29, 0.717) is 11.6 Å². The van der Waals surface area contributed by atoms with Gasteiger partial charge in [-0.2, -0.15) is 0 Å². The molecule has 0 unspecified atom stereocenters. The fraction of sp³-hybridized carbons (Fsp3) is 0.176. The minimum atomic E-state index is -1.52. The first-order valence-electron chi connectivity index (χ1n) is 13.1. The molecule has 0 fully saturated rings. The summed E-state index contributed by atoms with van der Waals surface area (Å²) in [4.78, 5) is 0. The molecule has 4 heteroatoms. The Labute approximate surface area is 239 Å². The van der Waals surface area contributed by atoms with Crippen LogP contribution in [0.25, 0.3) is 0 Å². The summed E-state index contributed by atoms with van der Waals surface area (Å²) < 4.78 is 0.131. The van der Waals surface area contributed by atoms with E-state index in [9.17, 15) is 0 Å². The first kappa shape index (κ1) is 26.4. The van der Waals surface area contributed by atoms with Crippen molar-refractivity contribution >= 4 is 46.8 Å². The van der Waals surface area contributed by atoms with Crippen LogP contribution in [0.5, 0.6) is 0 Å². The summed E-state index contributed by atoms with van der Waals surface area (Å²) in [6.45, 7) is 0. The maximum atomic E-state index is 7.60. The van der Waals surface area contributed by atoms with Crippen LogP contribution >= 0.6 is 25.5 Å². The van der Waals surface area contributed by atoms with Gasteiger partial charge in [0.2, 0.25) is 0 Å². The van der Waals surface area contributed by atoms with Gasteiger partial charge in [0.25, 0.3) is 0 Å². The predicted molar refractivity (Wildman–Crippen MR) is 167 cm³/mol. The van der Waals surface area contributed by atoms with E-state index in [1.54, 1.807) is 0 Å². The molecule has 2 bridgehead atoms. The predicted octanol–water partition coefficient (Wildman–Crippen LogP) is 8.12. The van der Waals surface area contributed by atoms with Crippen molar-refractivity contribution in [3.8, 4) is 0 Å². The SMILES string of the molecule is [Cl][Rh]([CH2][C@H](CP(c1ccccc1)c1ccccc1)P(c1ccccc1)c1ccccc1)[C]12C=CC(C=C1)C2. The number of rotatable bonds is 10. The van der Waals surface area contributed by atoms with Gasteiger partial charge >= 0.3 is 241 Å². The van der Waals surface area contributed by atoms with Crippen LogP contribution in [0.3, 0.4) is 0 Å². The van der Waals surface area contributed by atoms with Gasteiger partial charge < -0.3 is 0 Å². The second kappa shape index (κ2) is 12.1. The molecular weight excluding hydrogens is 609 g/mol. The molecule has 1 atom stereocenters. The van der Waals surface area contributed by atoms with Crippen LogP contribution in [0.15, 0.2) is 146 Å². The standard InChI is InChI=1S/C27H25P2.C7H7.ClH.Rh/c1-23(29(26-18-10-4-11-19-26)27-20-12-5-13-21-27)22-28(24-14-6-2-7-15-24)25-16-8-3-9-17-25;1-2-7-4-3-6(1)5-7;;/h2-21,23H,1,22H2;1-4,6H,5H2;1H;/q;;;+1/p-1/t23-;;;/m1.../s1. The quantitative estimate of drug-likeness (QED) is 0.0934. The molecule has 0 aliphatic heterocycles. The van der Waals surface area contributed by atoms with E-state index in [2.05, 4.69) is 146 Å². The summed E-state index contributed by atoms with van der Waals surface area (Å²) in [6, 6.07) is 44.9. The number of fused-ring (bicyclic) bond motifs is 2. The maximum absolute atomic E-state index is 7.60. The van der Waals surface area contributed by atoms with E-state index in [1.165, 1.54) is 27.6 Å². The molecule has 0 saturated heterocycles. The average Bonchev–Trinajstić information content (AvgIpc) is 3.61. The van der Waals surface area contributed by atoms with Crippen molar-refractivity contribution in [1.29, 1.82) is 0 Å². The van der Waals surface area contributed by atoms with E-state index in [1.807, 2.05) is 0 Å². The van der Waals surface area contributed by atoms with Crippen molar-refractivity contribution in [3.05, 3.63) is 146 Å². The Balaban J connectivity index is 1.43. The third-order valence-electron chi connectivity index (χ3n) is 7.34.